The van der Waals surface area contributed by atoms with Gasteiger partial charge in [-0.05, 0) is 19.4 Å². The van der Waals surface area contributed by atoms with Crippen LogP contribution in [-0.2, 0) is 14.2 Å². The molecule has 0 saturated carbocycles. The van der Waals surface area contributed by atoms with Gasteiger partial charge < -0.3 is 24.4 Å². The minimum atomic E-state index is -1.38. The lowest BCUT2D eigenvalue weighted by Crippen LogP contribution is -2.46. The van der Waals surface area contributed by atoms with Crippen molar-refractivity contribution < 1.29 is 24.4 Å². The Morgan fingerprint density at radius 1 is 1.47 bits per heavy atom. The van der Waals surface area contributed by atoms with Gasteiger partial charge >= 0.3 is 0 Å². The van der Waals surface area contributed by atoms with E-state index in [0.717, 1.165) is 0 Å². The summed E-state index contributed by atoms with van der Waals surface area (Å²) >= 11 is 0. The second-order valence-electron chi connectivity index (χ2n) is 4.61. The van der Waals surface area contributed by atoms with Crippen LogP contribution in [0, 0.1) is 0 Å². The Balaban J connectivity index is 2.14. The van der Waals surface area contributed by atoms with Crippen LogP contribution < -0.4 is 0 Å². The Morgan fingerprint density at radius 3 is 2.71 bits per heavy atom. The first-order valence-electron chi connectivity index (χ1n) is 5.29. The summed E-state index contributed by atoms with van der Waals surface area (Å²) in [4.78, 5) is 2.58. The maximum atomic E-state index is 9.94. The number of hydrogen-bond donors (Lipinski definition) is 2. The van der Waals surface area contributed by atoms with E-state index in [-0.39, 0.29) is 13.2 Å². The third kappa shape index (κ3) is 2.11. The van der Waals surface area contributed by atoms with Crippen molar-refractivity contribution in [3.63, 3.8) is 0 Å². The first kappa shape index (κ1) is 12.6. The number of nitrogens with zero attached hydrogens (tertiary/aromatic N) is 3. The van der Waals surface area contributed by atoms with E-state index >= 15 is 0 Å². The van der Waals surface area contributed by atoms with Gasteiger partial charge in [-0.1, -0.05) is 5.11 Å². The fourth-order valence-electron chi connectivity index (χ4n) is 2.07. The predicted octanol–water partition coefficient (Wildman–Crippen LogP) is -0.104. The highest BCUT2D eigenvalue weighted by Crippen LogP contribution is 2.41. The highest BCUT2D eigenvalue weighted by atomic mass is 16.8. The van der Waals surface area contributed by atoms with Crippen molar-refractivity contribution in [2.45, 2.75) is 43.7 Å². The third-order valence-electron chi connectivity index (χ3n) is 2.87. The Kier molecular flexibility index (Phi) is 3.03. The SMILES string of the molecule is CC1(C)OC[C@]2(O[C@@H](CN=[N+]=[N-])[C@@H](O)[C@@H]2O)O1. The van der Waals surface area contributed by atoms with Gasteiger partial charge in [0.2, 0.25) is 5.79 Å². The van der Waals surface area contributed by atoms with Crippen molar-refractivity contribution in [3.8, 4) is 0 Å². The Morgan fingerprint density at radius 2 is 2.18 bits per heavy atom. The molecule has 2 aliphatic rings. The van der Waals surface area contributed by atoms with Crippen LogP contribution in [0.1, 0.15) is 13.8 Å². The molecule has 2 fully saturated rings. The van der Waals surface area contributed by atoms with E-state index in [1.165, 1.54) is 0 Å². The third-order valence-corrected chi connectivity index (χ3v) is 2.87. The van der Waals surface area contributed by atoms with Crippen molar-refractivity contribution in [2.24, 2.45) is 5.11 Å². The quantitative estimate of drug-likeness (QED) is 0.400. The average molecular weight is 245 g/mol. The lowest BCUT2D eigenvalue weighted by molar-refractivity contribution is -0.267. The molecule has 0 unspecified atom stereocenters. The van der Waals surface area contributed by atoms with Gasteiger partial charge in [0.15, 0.2) is 5.79 Å². The fraction of sp³-hybridized carbons (Fsp3) is 1.00. The number of ether oxygens (including phenoxy) is 3. The second kappa shape index (κ2) is 4.09. The van der Waals surface area contributed by atoms with Crippen molar-refractivity contribution in [1.29, 1.82) is 0 Å². The van der Waals surface area contributed by atoms with E-state index in [4.69, 9.17) is 19.7 Å². The van der Waals surface area contributed by atoms with Crippen LogP contribution in [0.4, 0.5) is 0 Å². The van der Waals surface area contributed by atoms with E-state index < -0.39 is 29.9 Å². The zero-order valence-corrected chi connectivity index (χ0v) is 9.61. The number of azide groups is 1. The summed E-state index contributed by atoms with van der Waals surface area (Å²) in [5, 5.41) is 23.0. The van der Waals surface area contributed by atoms with Crippen molar-refractivity contribution in [2.75, 3.05) is 13.2 Å². The zero-order valence-electron chi connectivity index (χ0n) is 9.61. The summed E-state index contributed by atoms with van der Waals surface area (Å²) in [7, 11) is 0. The molecule has 2 rings (SSSR count). The van der Waals surface area contributed by atoms with Crippen LogP contribution in [0.2, 0.25) is 0 Å². The summed E-state index contributed by atoms with van der Waals surface area (Å²) in [5.74, 6) is -2.26. The number of aliphatic hydroxyl groups is 2. The standard InChI is InChI=1S/C9H15N3O5/c1-8(2)15-4-9(17-8)7(14)6(13)5(16-9)3-11-12-10/h5-7,13-14H,3-4H2,1-2H3/t5-,6+,7-,9-/m0/s1. The predicted molar refractivity (Wildman–Crippen MR) is 54.7 cm³/mol. The first-order valence-corrected chi connectivity index (χ1v) is 5.29. The van der Waals surface area contributed by atoms with Crippen LogP contribution in [0.5, 0.6) is 0 Å². The maximum Gasteiger partial charge on any atom is 0.224 e. The molecule has 0 bridgehead atoms. The molecule has 0 amide bonds. The first-order chi connectivity index (χ1) is 7.90. The van der Waals surface area contributed by atoms with Gasteiger partial charge in [-0.15, -0.1) is 0 Å². The molecule has 2 N–H and O–H groups in total. The molecule has 8 nitrogen and oxygen atoms in total. The van der Waals surface area contributed by atoms with E-state index in [1.807, 2.05) is 0 Å². The molecule has 2 heterocycles. The van der Waals surface area contributed by atoms with E-state index in [1.54, 1.807) is 13.8 Å². The minimum Gasteiger partial charge on any atom is -0.387 e. The van der Waals surface area contributed by atoms with Crippen LogP contribution in [0.15, 0.2) is 5.11 Å². The molecule has 2 saturated heterocycles. The lowest BCUT2D eigenvalue weighted by Gasteiger charge is -2.27. The molecule has 1 spiro atoms. The van der Waals surface area contributed by atoms with Crippen LogP contribution >= 0.6 is 0 Å². The zero-order chi connectivity index (χ0) is 12.7. The molecule has 0 aromatic heterocycles. The molecule has 8 heteroatoms. The number of hydrogen-bond acceptors (Lipinski definition) is 6. The van der Waals surface area contributed by atoms with Crippen LogP contribution in [0.3, 0.4) is 0 Å². The smallest absolute Gasteiger partial charge is 0.224 e. The van der Waals surface area contributed by atoms with Gasteiger partial charge in [0, 0.05) is 4.91 Å². The summed E-state index contributed by atoms with van der Waals surface area (Å²) in [6.07, 6.45) is -3.19. The number of rotatable bonds is 2. The molecule has 17 heavy (non-hydrogen) atoms. The fourth-order valence-corrected chi connectivity index (χ4v) is 2.07. The second-order valence-corrected chi connectivity index (χ2v) is 4.61. The average Bonchev–Trinajstić information content (AvgIpc) is 2.69. The maximum absolute atomic E-state index is 9.94. The van der Waals surface area contributed by atoms with Gasteiger partial charge in [0.05, 0.1) is 12.6 Å². The molecular formula is C9H15N3O5. The summed E-state index contributed by atoms with van der Waals surface area (Å²) in [6.45, 7) is 3.32. The molecule has 96 valence electrons. The lowest BCUT2D eigenvalue weighted by atomic mass is 10.1. The molecule has 2 aliphatic heterocycles. The summed E-state index contributed by atoms with van der Waals surface area (Å²) in [5.41, 5.74) is 8.22. The summed E-state index contributed by atoms with van der Waals surface area (Å²) < 4.78 is 16.3. The van der Waals surface area contributed by atoms with E-state index in [2.05, 4.69) is 10.0 Å². The van der Waals surface area contributed by atoms with Crippen molar-refractivity contribution in [1.82, 2.24) is 0 Å². The van der Waals surface area contributed by atoms with Gasteiger partial charge in [-0.25, -0.2) is 0 Å². The topological polar surface area (TPSA) is 117 Å². The van der Waals surface area contributed by atoms with Gasteiger partial charge in [0.25, 0.3) is 0 Å². The highest BCUT2D eigenvalue weighted by Gasteiger charge is 2.61. The van der Waals surface area contributed by atoms with Crippen molar-refractivity contribution in [3.05, 3.63) is 10.4 Å². The molecule has 0 aromatic rings. The van der Waals surface area contributed by atoms with Crippen LogP contribution in [0.25, 0.3) is 10.4 Å². The largest absolute Gasteiger partial charge is 0.387 e. The van der Waals surface area contributed by atoms with Crippen molar-refractivity contribution >= 4 is 0 Å². The molecule has 0 radical (unpaired) electrons. The number of aliphatic hydroxyl groups excluding tert-OH is 2. The van der Waals surface area contributed by atoms with E-state index in [9.17, 15) is 10.2 Å². The Labute approximate surface area is 97.7 Å². The monoisotopic (exact) mass is 245 g/mol. The minimum absolute atomic E-state index is 0.0188. The molecule has 0 aliphatic carbocycles. The molecule has 0 aromatic carbocycles. The molecular weight excluding hydrogens is 230 g/mol. The Bertz CT molecular complexity index is 357. The normalized spacial score (nSPS) is 43.9. The van der Waals surface area contributed by atoms with Gasteiger partial charge in [-0.3, -0.25) is 0 Å². The Hall–Kier alpha value is -0.890. The molecule has 4 atom stereocenters. The van der Waals surface area contributed by atoms with Crippen LogP contribution in [-0.4, -0.2) is 53.3 Å². The van der Waals surface area contributed by atoms with Gasteiger partial charge in [0.1, 0.15) is 18.8 Å². The van der Waals surface area contributed by atoms with Gasteiger partial charge in [-0.2, -0.15) is 0 Å². The highest BCUT2D eigenvalue weighted by molar-refractivity contribution is 5.00. The summed E-state index contributed by atoms with van der Waals surface area (Å²) in [6, 6.07) is 0. The van der Waals surface area contributed by atoms with E-state index in [0.29, 0.717) is 0 Å².